The van der Waals surface area contributed by atoms with Crippen LogP contribution >= 0.6 is 0 Å². The zero-order chi connectivity index (χ0) is 18.6. The van der Waals surface area contributed by atoms with Crippen molar-refractivity contribution in [3.63, 3.8) is 0 Å². The Labute approximate surface area is 158 Å². The van der Waals surface area contributed by atoms with E-state index in [9.17, 15) is 4.79 Å². The second-order valence-corrected chi connectivity index (χ2v) is 7.00. The van der Waals surface area contributed by atoms with Crippen molar-refractivity contribution in [3.8, 4) is 17.0 Å². The largest absolute Gasteiger partial charge is 0.493 e. The number of aromatic nitrogens is 1. The summed E-state index contributed by atoms with van der Waals surface area (Å²) in [6.45, 7) is 0.774. The van der Waals surface area contributed by atoms with E-state index < -0.39 is 5.91 Å². The third kappa shape index (κ3) is 4.26. The number of carbonyl (C=O) groups excluding carboxylic acids is 1. The summed E-state index contributed by atoms with van der Waals surface area (Å²) < 4.78 is 5.89. The number of benzene rings is 2. The van der Waals surface area contributed by atoms with Crippen molar-refractivity contribution < 1.29 is 14.7 Å². The van der Waals surface area contributed by atoms with Gasteiger partial charge in [-0.15, -0.1) is 0 Å². The van der Waals surface area contributed by atoms with Crippen LogP contribution in [-0.2, 0) is 11.2 Å². The molecule has 27 heavy (non-hydrogen) atoms. The van der Waals surface area contributed by atoms with Gasteiger partial charge in [0.2, 0.25) is 5.91 Å². The minimum Gasteiger partial charge on any atom is -0.493 e. The first-order chi connectivity index (χ1) is 13.2. The second kappa shape index (κ2) is 7.76. The van der Waals surface area contributed by atoms with Crippen LogP contribution < -0.4 is 10.2 Å². The molecule has 1 aliphatic carbocycles. The van der Waals surface area contributed by atoms with Gasteiger partial charge in [-0.05, 0) is 55.0 Å². The molecule has 0 radical (unpaired) electrons. The van der Waals surface area contributed by atoms with E-state index in [1.165, 1.54) is 12.8 Å². The van der Waals surface area contributed by atoms with Gasteiger partial charge in [0.25, 0.3) is 0 Å². The van der Waals surface area contributed by atoms with Crippen LogP contribution in [0.2, 0.25) is 0 Å². The number of rotatable bonds is 7. The minimum atomic E-state index is -0.395. The highest BCUT2D eigenvalue weighted by Crippen LogP contribution is 2.31. The molecule has 0 spiro atoms. The molecule has 1 aromatic heterocycles. The van der Waals surface area contributed by atoms with Crippen LogP contribution in [0.5, 0.6) is 5.75 Å². The molecule has 0 aliphatic heterocycles. The summed E-state index contributed by atoms with van der Waals surface area (Å²) >= 11 is 0. The van der Waals surface area contributed by atoms with E-state index in [0.29, 0.717) is 12.3 Å². The van der Waals surface area contributed by atoms with E-state index in [2.05, 4.69) is 0 Å². The molecule has 1 saturated carbocycles. The molecule has 0 bridgehead atoms. The normalized spacial score (nSPS) is 13.5. The summed E-state index contributed by atoms with van der Waals surface area (Å²) in [5.41, 5.74) is 5.45. The van der Waals surface area contributed by atoms with Crippen molar-refractivity contribution in [1.82, 2.24) is 10.5 Å². The molecule has 1 heterocycles. The summed E-state index contributed by atoms with van der Waals surface area (Å²) in [5.74, 6) is 1.17. The Morgan fingerprint density at radius 1 is 1.15 bits per heavy atom. The third-order valence-corrected chi connectivity index (χ3v) is 4.86. The molecule has 5 nitrogen and oxygen atoms in total. The molecule has 0 saturated heterocycles. The van der Waals surface area contributed by atoms with Gasteiger partial charge in [0.05, 0.1) is 17.8 Å². The number of para-hydroxylation sites is 1. The number of hydrogen-bond acceptors (Lipinski definition) is 4. The molecule has 1 aliphatic rings. The van der Waals surface area contributed by atoms with Crippen molar-refractivity contribution in [3.05, 3.63) is 60.2 Å². The first-order valence-electron chi connectivity index (χ1n) is 9.28. The topological polar surface area (TPSA) is 71.5 Å². The molecule has 0 unspecified atom stereocenters. The lowest BCUT2D eigenvalue weighted by Crippen LogP contribution is -2.18. The Morgan fingerprint density at radius 2 is 2.00 bits per heavy atom. The maximum absolute atomic E-state index is 11.5. The Balaban J connectivity index is 1.66. The number of nitrogens with one attached hydrogen (secondary N) is 1. The molecular weight excluding hydrogens is 340 g/mol. The van der Waals surface area contributed by atoms with Crippen LogP contribution in [0.15, 0.2) is 54.6 Å². The molecule has 0 atom stereocenters. The quantitative estimate of drug-likeness (QED) is 0.490. The molecule has 1 fully saturated rings. The summed E-state index contributed by atoms with van der Waals surface area (Å²) in [5, 5.41) is 9.78. The Kier molecular flexibility index (Phi) is 5.03. The zero-order valence-electron chi connectivity index (χ0n) is 15.0. The molecule has 138 valence electrons. The zero-order valence-corrected chi connectivity index (χ0v) is 15.0. The molecule has 4 rings (SSSR count). The van der Waals surface area contributed by atoms with Gasteiger partial charge in [0.15, 0.2) is 0 Å². The maximum atomic E-state index is 11.5. The lowest BCUT2D eigenvalue weighted by molar-refractivity contribution is -0.129. The molecule has 3 aromatic rings. The highest BCUT2D eigenvalue weighted by Gasteiger charge is 2.22. The summed E-state index contributed by atoms with van der Waals surface area (Å²) in [4.78, 5) is 16.3. The smallest absolute Gasteiger partial charge is 0.243 e. The Bertz CT molecular complexity index is 967. The maximum Gasteiger partial charge on any atom is 0.243 e. The number of fused-ring (bicyclic) bond motifs is 1. The van der Waals surface area contributed by atoms with Gasteiger partial charge in [0, 0.05) is 17.4 Å². The fourth-order valence-electron chi connectivity index (χ4n) is 3.15. The third-order valence-electron chi connectivity index (χ3n) is 4.86. The highest BCUT2D eigenvalue weighted by atomic mass is 16.5. The van der Waals surface area contributed by atoms with Crippen molar-refractivity contribution in [2.75, 3.05) is 6.61 Å². The van der Waals surface area contributed by atoms with E-state index in [4.69, 9.17) is 14.9 Å². The predicted octanol–water partition coefficient (Wildman–Crippen LogP) is 4.13. The van der Waals surface area contributed by atoms with Crippen LogP contribution in [0.4, 0.5) is 0 Å². The number of amides is 1. The number of ether oxygens (including phenoxy) is 1. The van der Waals surface area contributed by atoms with Crippen LogP contribution in [0, 0.1) is 5.92 Å². The van der Waals surface area contributed by atoms with Crippen molar-refractivity contribution >= 4 is 16.8 Å². The number of pyridine rings is 1. The van der Waals surface area contributed by atoms with Crippen molar-refractivity contribution in [2.45, 2.75) is 25.7 Å². The van der Waals surface area contributed by atoms with Gasteiger partial charge in [-0.1, -0.05) is 30.3 Å². The number of carbonyl (C=O) groups is 1. The molecule has 5 heteroatoms. The fourth-order valence-corrected chi connectivity index (χ4v) is 3.15. The summed E-state index contributed by atoms with van der Waals surface area (Å²) in [6, 6.07) is 17.9. The van der Waals surface area contributed by atoms with E-state index in [0.717, 1.165) is 40.1 Å². The molecule has 2 aromatic carbocycles. The van der Waals surface area contributed by atoms with Gasteiger partial charge in [-0.25, -0.2) is 10.5 Å². The first kappa shape index (κ1) is 17.5. The minimum absolute atomic E-state index is 0.217. The predicted molar refractivity (Wildman–Crippen MR) is 104 cm³/mol. The molecule has 2 N–H and O–H groups in total. The average Bonchev–Trinajstić information content (AvgIpc) is 3.54. The average molecular weight is 362 g/mol. The van der Waals surface area contributed by atoms with E-state index in [-0.39, 0.29) is 6.42 Å². The van der Waals surface area contributed by atoms with Crippen LogP contribution in [0.25, 0.3) is 22.2 Å². The summed E-state index contributed by atoms with van der Waals surface area (Å²) in [7, 11) is 0. The van der Waals surface area contributed by atoms with Crippen LogP contribution in [-0.4, -0.2) is 22.7 Å². The molecule has 1 amide bonds. The summed E-state index contributed by atoms with van der Waals surface area (Å²) in [6.07, 6.45) is 3.27. The SMILES string of the molecule is O=C(CCc1cc(-c2cccc(OCC3CC3)c2)nc2ccccc12)NO. The number of aryl methyl sites for hydroxylation is 1. The van der Waals surface area contributed by atoms with E-state index in [1.807, 2.05) is 54.6 Å². The highest BCUT2D eigenvalue weighted by molar-refractivity contribution is 5.86. The number of nitrogens with zero attached hydrogens (tertiary/aromatic N) is 1. The molecular formula is C22H22N2O3. The van der Waals surface area contributed by atoms with Gasteiger partial charge >= 0.3 is 0 Å². The van der Waals surface area contributed by atoms with Crippen molar-refractivity contribution in [2.24, 2.45) is 5.92 Å². The first-order valence-corrected chi connectivity index (χ1v) is 9.28. The monoisotopic (exact) mass is 362 g/mol. The lowest BCUT2D eigenvalue weighted by atomic mass is 10.0. The van der Waals surface area contributed by atoms with Gasteiger partial charge in [0.1, 0.15) is 5.75 Å². The standard InChI is InChI=1S/C22H22N2O3/c25-22(24-26)11-10-16-13-21(23-20-7-2-1-6-19(16)20)17-4-3-5-18(12-17)27-14-15-8-9-15/h1-7,12-13,15,26H,8-11,14H2,(H,24,25). The van der Waals surface area contributed by atoms with Crippen LogP contribution in [0.1, 0.15) is 24.8 Å². The fraction of sp³-hybridized carbons (Fsp3) is 0.273. The lowest BCUT2D eigenvalue weighted by Gasteiger charge is -2.11. The van der Waals surface area contributed by atoms with E-state index in [1.54, 1.807) is 5.48 Å². The van der Waals surface area contributed by atoms with Crippen molar-refractivity contribution in [1.29, 1.82) is 0 Å². The van der Waals surface area contributed by atoms with Crippen LogP contribution in [0.3, 0.4) is 0 Å². The Morgan fingerprint density at radius 3 is 2.81 bits per heavy atom. The van der Waals surface area contributed by atoms with Gasteiger partial charge in [-0.2, -0.15) is 0 Å². The number of hydroxylamine groups is 1. The van der Waals surface area contributed by atoms with Gasteiger partial charge < -0.3 is 4.74 Å². The second-order valence-electron chi connectivity index (χ2n) is 7.00. The Hall–Kier alpha value is -2.92. The van der Waals surface area contributed by atoms with Gasteiger partial charge in [-0.3, -0.25) is 10.0 Å². The van der Waals surface area contributed by atoms with E-state index >= 15 is 0 Å². The number of hydrogen-bond donors (Lipinski definition) is 2.